The van der Waals surface area contributed by atoms with Crippen molar-refractivity contribution in [2.24, 2.45) is 40.9 Å². The lowest BCUT2D eigenvalue weighted by Gasteiger charge is -2.56. The maximum atomic E-state index is 5.57. The Bertz CT molecular complexity index is 428. The van der Waals surface area contributed by atoms with Crippen LogP contribution in [0.4, 0.5) is 0 Å². The molecule has 138 valence electrons. The second-order valence-corrected chi connectivity index (χ2v) is 9.73. The molecule has 1 heteroatoms. The molecule has 0 radical (unpaired) electrons. The largest absolute Gasteiger partial charge is 0.373 e. The first-order chi connectivity index (χ1) is 11.8. The molecule has 0 aromatic rings. The van der Waals surface area contributed by atoms with Gasteiger partial charge in [-0.3, -0.25) is 0 Å². The maximum Gasteiger partial charge on any atom is 0.0812 e. The monoisotopic (exact) mass is 332 g/mol. The Hall–Kier alpha value is -0.0400. The molecule has 24 heavy (non-hydrogen) atoms. The lowest BCUT2D eigenvalue weighted by atomic mass is 9.49. The number of epoxide rings is 1. The van der Waals surface area contributed by atoms with E-state index >= 15 is 0 Å². The average Bonchev–Trinajstić information content (AvgIpc) is 3.39. The summed E-state index contributed by atoms with van der Waals surface area (Å²) in [6.45, 7) is 7.74. The van der Waals surface area contributed by atoms with Crippen molar-refractivity contribution in [2.45, 2.75) is 97.5 Å². The molecule has 0 bridgehead atoms. The van der Waals surface area contributed by atoms with Crippen molar-refractivity contribution in [1.29, 1.82) is 0 Å². The zero-order valence-corrected chi connectivity index (χ0v) is 16.4. The van der Waals surface area contributed by atoms with E-state index in [0.29, 0.717) is 11.5 Å². The molecule has 8 atom stereocenters. The highest BCUT2D eigenvalue weighted by Gasteiger charge is 2.57. The summed E-state index contributed by atoms with van der Waals surface area (Å²) in [6, 6.07) is 0. The van der Waals surface area contributed by atoms with E-state index < -0.39 is 0 Å². The number of fused-ring (bicyclic) bond motifs is 5. The van der Waals surface area contributed by atoms with Gasteiger partial charge in [0.1, 0.15) is 0 Å². The van der Waals surface area contributed by atoms with Crippen LogP contribution in [0.15, 0.2) is 0 Å². The van der Waals surface area contributed by atoms with Crippen LogP contribution in [-0.2, 0) is 4.74 Å². The predicted octanol–water partition coefficient (Wildman–Crippen LogP) is 6.46. The van der Waals surface area contributed by atoms with Crippen molar-refractivity contribution in [1.82, 2.24) is 0 Å². The molecule has 0 N–H and O–H groups in total. The average molecular weight is 333 g/mol. The highest BCUT2D eigenvalue weighted by Crippen LogP contribution is 2.65. The van der Waals surface area contributed by atoms with Gasteiger partial charge in [-0.2, -0.15) is 0 Å². The SMILES string of the molecule is CC.C[C@]12CCC3C4CCCCC4CCC3C1CCC2CC1CO1. The zero-order chi connectivity index (χ0) is 16.7. The van der Waals surface area contributed by atoms with E-state index in [-0.39, 0.29) is 0 Å². The van der Waals surface area contributed by atoms with E-state index in [4.69, 9.17) is 4.74 Å². The van der Waals surface area contributed by atoms with Gasteiger partial charge in [0.15, 0.2) is 0 Å². The first-order valence-corrected chi connectivity index (χ1v) is 11.4. The third-order valence-electron chi connectivity index (χ3n) is 9.03. The number of hydrogen-bond acceptors (Lipinski definition) is 1. The molecule has 1 saturated heterocycles. The van der Waals surface area contributed by atoms with Gasteiger partial charge < -0.3 is 4.74 Å². The molecule has 0 amide bonds. The van der Waals surface area contributed by atoms with E-state index in [1.807, 2.05) is 13.8 Å². The molecule has 5 rings (SSSR count). The molecule has 0 aromatic heterocycles. The van der Waals surface area contributed by atoms with Crippen molar-refractivity contribution in [2.75, 3.05) is 6.61 Å². The van der Waals surface area contributed by atoms with Crippen molar-refractivity contribution in [3.63, 3.8) is 0 Å². The summed E-state index contributed by atoms with van der Waals surface area (Å²) in [5, 5.41) is 0. The van der Waals surface area contributed by atoms with Crippen LogP contribution < -0.4 is 0 Å². The van der Waals surface area contributed by atoms with Crippen LogP contribution >= 0.6 is 0 Å². The van der Waals surface area contributed by atoms with Crippen LogP contribution in [0, 0.1) is 40.9 Å². The van der Waals surface area contributed by atoms with Crippen molar-refractivity contribution in [3.8, 4) is 0 Å². The molecule has 0 aromatic carbocycles. The van der Waals surface area contributed by atoms with Gasteiger partial charge in [-0.05, 0) is 92.3 Å². The van der Waals surface area contributed by atoms with E-state index in [2.05, 4.69) is 6.92 Å². The molecule has 1 nitrogen and oxygen atoms in total. The van der Waals surface area contributed by atoms with Crippen LogP contribution in [-0.4, -0.2) is 12.7 Å². The summed E-state index contributed by atoms with van der Waals surface area (Å²) >= 11 is 0. The summed E-state index contributed by atoms with van der Waals surface area (Å²) in [7, 11) is 0. The van der Waals surface area contributed by atoms with Crippen LogP contribution in [0.2, 0.25) is 0 Å². The first-order valence-electron chi connectivity index (χ1n) is 11.4. The second kappa shape index (κ2) is 6.93. The Kier molecular flexibility index (Phi) is 5.02. The molecule has 0 spiro atoms. The lowest BCUT2D eigenvalue weighted by molar-refractivity contribution is -0.0634. The maximum absolute atomic E-state index is 5.57. The Labute approximate surface area is 150 Å². The molecule has 4 saturated carbocycles. The summed E-state index contributed by atoms with van der Waals surface area (Å²) in [6.07, 6.45) is 17.6. The minimum Gasteiger partial charge on any atom is -0.373 e. The predicted molar refractivity (Wildman–Crippen MR) is 101 cm³/mol. The molecule has 1 aliphatic heterocycles. The van der Waals surface area contributed by atoms with Gasteiger partial charge >= 0.3 is 0 Å². The van der Waals surface area contributed by atoms with E-state index in [0.717, 1.165) is 42.1 Å². The Morgan fingerprint density at radius 1 is 0.833 bits per heavy atom. The lowest BCUT2D eigenvalue weighted by Crippen LogP contribution is -2.48. The van der Waals surface area contributed by atoms with Gasteiger partial charge in [-0.25, -0.2) is 0 Å². The number of hydrogen-bond donors (Lipinski definition) is 0. The summed E-state index contributed by atoms with van der Waals surface area (Å²) in [5.41, 5.74) is 0.675. The summed E-state index contributed by atoms with van der Waals surface area (Å²) in [4.78, 5) is 0. The van der Waals surface area contributed by atoms with Crippen molar-refractivity contribution >= 4 is 0 Å². The van der Waals surface area contributed by atoms with Crippen LogP contribution in [0.25, 0.3) is 0 Å². The van der Waals surface area contributed by atoms with Gasteiger partial charge in [0, 0.05) is 0 Å². The van der Waals surface area contributed by atoms with Crippen LogP contribution in [0.3, 0.4) is 0 Å². The number of ether oxygens (including phenoxy) is 1. The van der Waals surface area contributed by atoms with Gasteiger partial charge in [0.25, 0.3) is 0 Å². The molecular weight excluding hydrogens is 292 g/mol. The fraction of sp³-hybridized carbons (Fsp3) is 1.00. The third kappa shape index (κ3) is 2.87. The molecule has 5 fully saturated rings. The highest BCUT2D eigenvalue weighted by atomic mass is 16.6. The fourth-order valence-corrected chi connectivity index (χ4v) is 7.85. The minimum absolute atomic E-state index is 0.646. The van der Waals surface area contributed by atoms with Crippen molar-refractivity contribution in [3.05, 3.63) is 0 Å². The van der Waals surface area contributed by atoms with Crippen molar-refractivity contribution < 1.29 is 4.74 Å². The molecular formula is C23H40O. The highest BCUT2D eigenvalue weighted by molar-refractivity contribution is 5.06. The molecule has 4 aliphatic carbocycles. The minimum atomic E-state index is 0.646. The standard InChI is InChI=1S/C21H34O.C2H6/c1-21-11-10-18-17-5-3-2-4-14(17)6-8-19(18)20(21)9-7-15(21)12-16-13-22-16;1-2/h14-20H,2-13H2,1H3;1-2H3/t14?,15?,16?,17?,18?,19?,20?,21-;/m1./s1. The van der Waals surface area contributed by atoms with E-state index in [9.17, 15) is 0 Å². The number of rotatable bonds is 2. The topological polar surface area (TPSA) is 12.5 Å². The third-order valence-corrected chi connectivity index (χ3v) is 9.03. The van der Waals surface area contributed by atoms with E-state index in [1.165, 1.54) is 25.7 Å². The smallest absolute Gasteiger partial charge is 0.0812 e. The van der Waals surface area contributed by atoms with Gasteiger partial charge in [0.2, 0.25) is 0 Å². The van der Waals surface area contributed by atoms with Crippen LogP contribution in [0.1, 0.15) is 91.4 Å². The molecule has 7 unspecified atom stereocenters. The van der Waals surface area contributed by atoms with Crippen LogP contribution in [0.5, 0.6) is 0 Å². The summed E-state index contributed by atoms with van der Waals surface area (Å²) < 4.78 is 5.57. The molecule has 1 heterocycles. The zero-order valence-electron chi connectivity index (χ0n) is 16.4. The van der Waals surface area contributed by atoms with Gasteiger partial charge in [0.05, 0.1) is 12.7 Å². The summed E-state index contributed by atoms with van der Waals surface area (Å²) in [5.74, 6) is 6.52. The normalized spacial score (nSPS) is 52.4. The van der Waals surface area contributed by atoms with Gasteiger partial charge in [-0.1, -0.05) is 40.0 Å². The Balaban J connectivity index is 0.000000704. The van der Waals surface area contributed by atoms with E-state index in [1.54, 1.807) is 44.9 Å². The quantitative estimate of drug-likeness (QED) is 0.529. The first kappa shape index (κ1) is 17.4. The van der Waals surface area contributed by atoms with Gasteiger partial charge in [-0.15, -0.1) is 0 Å². The second-order valence-electron chi connectivity index (χ2n) is 9.73. The fourth-order valence-electron chi connectivity index (χ4n) is 7.85. The Morgan fingerprint density at radius 3 is 2.42 bits per heavy atom. The molecule has 5 aliphatic rings. The Morgan fingerprint density at radius 2 is 1.62 bits per heavy atom.